The van der Waals surface area contributed by atoms with Crippen molar-refractivity contribution in [3.05, 3.63) is 11.6 Å². The lowest BCUT2D eigenvalue weighted by atomic mass is 9.33. The quantitative estimate of drug-likeness (QED) is 0.0116. The Morgan fingerprint density at radius 3 is 1.63 bits per heavy atom. The number of ether oxygens (including phenoxy) is 16. The predicted molar refractivity (Wildman–Crippen MR) is 529 cm³/mol. The van der Waals surface area contributed by atoms with Gasteiger partial charge in [0, 0.05) is 6.04 Å². The van der Waals surface area contributed by atoms with Crippen LogP contribution < -0.4 is 10.6 Å². The lowest BCUT2D eigenvalue weighted by Crippen LogP contribution is -2.70. The van der Waals surface area contributed by atoms with Gasteiger partial charge in [0.05, 0.1) is 114 Å². The monoisotopic (exact) mass is 2190 g/mol. The summed E-state index contributed by atoms with van der Waals surface area (Å²) in [6, 6.07) is -2.38. The number of hydrogen-bond donors (Lipinski definition) is 23. The van der Waals surface area contributed by atoms with Gasteiger partial charge in [-0.05, 0) is 165 Å². The fourth-order valence-electron chi connectivity index (χ4n) is 25.5. The van der Waals surface area contributed by atoms with Crippen LogP contribution in [0.2, 0.25) is 36.3 Å². The lowest BCUT2D eigenvalue weighted by molar-refractivity contribution is -0.384. The minimum absolute atomic E-state index is 0.0217. The van der Waals surface area contributed by atoms with Gasteiger partial charge in [0.15, 0.2) is 66.8 Å². The van der Waals surface area contributed by atoms with E-state index in [1.165, 1.54) is 6.92 Å². The lowest BCUT2D eigenvalue weighted by Gasteiger charge is -2.71. The van der Waals surface area contributed by atoms with Crippen LogP contribution in [0.15, 0.2) is 11.6 Å². The van der Waals surface area contributed by atoms with Crippen LogP contribution in [0.3, 0.4) is 0 Å². The molecule has 8 aliphatic heterocycles. The fraction of sp³-hybridized carbons (Fsp3) is 0.942. The molecular weight excluding hydrogens is 2010 g/mol. The van der Waals surface area contributed by atoms with Crippen LogP contribution in [0.1, 0.15) is 214 Å². The number of aliphatic hydroxyl groups excluding tert-OH is 20. The van der Waals surface area contributed by atoms with E-state index in [1.54, 1.807) is 6.92 Å². The van der Waals surface area contributed by atoms with Crippen molar-refractivity contribution in [3.63, 3.8) is 0 Å². The molecule has 13 aliphatic rings. The van der Waals surface area contributed by atoms with Crippen LogP contribution in [0.4, 0.5) is 0 Å². The van der Waals surface area contributed by atoms with E-state index >= 15 is 14.4 Å². The van der Waals surface area contributed by atoms with E-state index in [0.717, 1.165) is 11.9 Å². The van der Waals surface area contributed by atoms with E-state index in [9.17, 15) is 112 Å². The Labute approximate surface area is 880 Å². The van der Waals surface area contributed by atoms with E-state index in [4.69, 9.17) is 84.6 Å². The second kappa shape index (κ2) is 48.2. The van der Waals surface area contributed by atoms with E-state index in [0.29, 0.717) is 51.4 Å². The molecule has 0 aromatic carbocycles. The molecule has 2 amide bonds. The highest BCUT2D eigenvalue weighted by Gasteiger charge is 2.74. The molecule has 8 saturated heterocycles. The van der Waals surface area contributed by atoms with Crippen molar-refractivity contribution in [2.45, 2.75) is 495 Å². The van der Waals surface area contributed by atoms with Gasteiger partial charge in [-0.15, -0.1) is 0 Å². The third-order valence-electron chi connectivity index (χ3n) is 37.8. The van der Waals surface area contributed by atoms with Crippen LogP contribution in [0, 0.1) is 62.1 Å². The molecule has 0 radical (unpaired) electrons. The van der Waals surface area contributed by atoms with Gasteiger partial charge in [0.1, 0.15) is 152 Å². The topological polar surface area (TPSA) is 683 Å². The molecule has 4 saturated carbocycles. The van der Waals surface area contributed by atoms with E-state index < -0.39 is 388 Å². The number of nitrogens with one attached hydrogen (secondary N) is 2. The normalized spacial score (nSPS) is 45.8. The number of rotatable bonds is 39. The number of fused-ring (bicyclic) bond motifs is 7. The summed E-state index contributed by atoms with van der Waals surface area (Å²) >= 11 is 0. The van der Waals surface area contributed by atoms with Crippen LogP contribution in [-0.4, -0.2) is 446 Å². The highest BCUT2D eigenvalue weighted by atomic mass is 28.4. The van der Waals surface area contributed by atoms with Crippen molar-refractivity contribution in [3.8, 4) is 0 Å². The SMILES string of the molecule is CC[C@H](C)[C@H](C[C@@H](CC(=O)N[C@@H]1C(O)C(O[C@@H]2OC(C)[C@H](O[C@@H]3OC[C@@H](O)C(O[C@@H]4OC[C@@](O)(CO)C4O)C3O)C(O)C2O)[C@H](OC(=O)[C@]23CCC(C)(C)CC2C2=CCC4C5(C)CC[C@H](O[C@@H]6OC[C@@H](O)[C@H](O[C@@H]7OC[C@@H](O)[C@H](O)C7O)C6O[C@@H]6OC(CO)[C@H](O)[C@H](O)C6O)C(C)(C=O)[C@@H]5CCC4(C)C2(C)C[C@H]3O)O[C@@H]1CO)O[Si](C)(C)C(C)(C)C)NC(=O)C[C@H](C[C@H](O[C@@H]1OC(CO)C(O)C1O)[C@@H](C)CC)O[Si](C)(C)C(C)(C)C. The molecule has 47 heteroatoms. The summed E-state index contributed by atoms with van der Waals surface area (Å²) in [4.78, 5) is 62.0. The third kappa shape index (κ3) is 24.6. The molecule has 12 fully saturated rings. The maximum atomic E-state index is 16.7. The molecule has 0 bridgehead atoms. The molecule has 0 aromatic heterocycles. The Hall–Kier alpha value is -3.27. The van der Waals surface area contributed by atoms with Crippen molar-refractivity contribution in [1.29, 1.82) is 0 Å². The average Bonchev–Trinajstić information content (AvgIpc) is 0.742. The maximum Gasteiger partial charge on any atom is 0.317 e. The van der Waals surface area contributed by atoms with Crippen molar-refractivity contribution in [2.24, 2.45) is 62.1 Å². The maximum absolute atomic E-state index is 16.7. The van der Waals surface area contributed by atoms with Gasteiger partial charge < -0.3 is 207 Å². The number of allylic oxidation sites excluding steroid dienone is 2. The number of carbonyl (C=O) groups excluding carboxylic acids is 4. The van der Waals surface area contributed by atoms with Crippen molar-refractivity contribution >= 4 is 40.7 Å². The average molecular weight is 2190 g/mol. The molecule has 13 rings (SSSR count). The molecular formula is C103H178N2O43Si2. The first kappa shape index (κ1) is 124. The Kier molecular flexibility index (Phi) is 39.7. The largest absolute Gasteiger partial charge is 0.432 e. The Morgan fingerprint density at radius 2 is 1.03 bits per heavy atom. The molecule has 45 nitrogen and oxygen atoms in total. The minimum Gasteiger partial charge on any atom is -0.432 e. The summed E-state index contributed by atoms with van der Waals surface area (Å²) in [5.41, 5.74) is -7.28. The molecule has 0 aromatic rings. The van der Waals surface area contributed by atoms with Crippen LogP contribution >= 0.6 is 0 Å². The van der Waals surface area contributed by atoms with Crippen molar-refractivity contribution in [1.82, 2.24) is 10.6 Å². The molecule has 866 valence electrons. The number of hydrogen-bond acceptors (Lipinski definition) is 43. The summed E-state index contributed by atoms with van der Waals surface area (Å²) in [6.07, 6.45) is -54.4. The highest BCUT2D eigenvalue weighted by Crippen LogP contribution is 2.76. The second-order valence-electron chi connectivity index (χ2n) is 50.1. The highest BCUT2D eigenvalue weighted by molar-refractivity contribution is 6.74. The van der Waals surface area contributed by atoms with E-state index in [2.05, 4.69) is 85.2 Å². The fourth-order valence-corrected chi connectivity index (χ4v) is 28.3. The predicted octanol–water partition coefficient (Wildman–Crippen LogP) is -0.961. The van der Waals surface area contributed by atoms with Crippen LogP contribution in [0.25, 0.3) is 0 Å². The Balaban J connectivity index is 0.787. The third-order valence-corrected chi connectivity index (χ3v) is 46.8. The zero-order valence-corrected chi connectivity index (χ0v) is 92.7. The van der Waals surface area contributed by atoms with Gasteiger partial charge in [-0.3, -0.25) is 14.4 Å². The number of amides is 2. The van der Waals surface area contributed by atoms with Gasteiger partial charge in [0.25, 0.3) is 0 Å². The smallest absolute Gasteiger partial charge is 0.317 e. The van der Waals surface area contributed by atoms with Gasteiger partial charge in [0.2, 0.25) is 18.1 Å². The first-order valence-electron chi connectivity index (χ1n) is 53.9. The molecule has 150 heavy (non-hydrogen) atoms. The molecule has 21 unspecified atom stereocenters. The van der Waals surface area contributed by atoms with Gasteiger partial charge in [-0.25, -0.2) is 0 Å². The minimum atomic E-state index is -2.92. The van der Waals surface area contributed by atoms with E-state index in [1.807, 2.05) is 61.6 Å². The summed E-state index contributed by atoms with van der Waals surface area (Å²) in [5.74, 6) is -4.09. The van der Waals surface area contributed by atoms with E-state index in [-0.39, 0.29) is 61.3 Å². The van der Waals surface area contributed by atoms with Gasteiger partial charge in [-0.2, -0.15) is 0 Å². The molecule has 23 N–H and O–H groups in total. The standard InChI is InChI=1S/C103H178N2O43Si2/c1-22-47(3)54(104-66(115)35-51(148-150(20,21)96(9,10)11)33-58(48(4)23-2)136-89-76(124)71(119)61(40-108)138-89)32-50(147-149(18,19)95(6,7)8)34-67(116)105-68-59(38-106)137-92(83(72(68)120)144-88-78(126)74(122)80(49(5)135-88)141-87-79(127)81(56(112)42-132-87)142-93-85(128)102(130,45-110)46-134-93)146-94(129)103-31-30-97(12,13)36-53(103)52-24-25-63-98(14)28-27-65(99(15,44-109)62(98)26-29-100(63,16)101(52,17)37-64(103)114)140-91-84(145-90-77(125)73(121)70(118)60(39-107)139-90)82(57(113)43-133-91)143-86-75(123)69(117)55(111)41-131-86/h24,44,47-51,53-65,68-93,106-108,110-114,117-128,130H,22-23,25-43,45-46H2,1-21H3,(H,104,115)(H,105,116)/t47-,48-,49?,50-,51-,53?,54-,55+,56+,57+,58-,59+,60?,61?,62+,63?,64+,65-,68-,69-,70-,71?,72?,73-,74?,75?,76?,77?,78?,79?,80-,81?,82-,83?,84?,85?,86-,87-,88-,89+,90-,91-,92-,93-,98?,99?,100?,101?,102-,103+/m0/s1. The molecule has 0 spiro atoms. The zero-order valence-electron chi connectivity index (χ0n) is 90.7. The number of aldehydes is 1. The Bertz CT molecular complexity index is 4470. The number of esters is 1. The summed E-state index contributed by atoms with van der Waals surface area (Å²) < 4.78 is 113. The summed E-state index contributed by atoms with van der Waals surface area (Å²) in [5, 5.41) is 243. The molecule has 50 atom stereocenters. The van der Waals surface area contributed by atoms with Crippen molar-refractivity contribution < 1.29 is 211 Å². The first-order chi connectivity index (χ1) is 69.9. The van der Waals surface area contributed by atoms with Crippen LogP contribution in [-0.2, 0) is 104 Å². The summed E-state index contributed by atoms with van der Waals surface area (Å²) in [6.45, 7) is 36.5. The summed E-state index contributed by atoms with van der Waals surface area (Å²) in [7, 11) is -5.61. The zero-order chi connectivity index (χ0) is 111. The van der Waals surface area contributed by atoms with Crippen molar-refractivity contribution in [2.75, 3.05) is 52.9 Å². The first-order valence-corrected chi connectivity index (χ1v) is 59.7. The number of aliphatic hydroxyl groups is 21. The van der Waals surface area contributed by atoms with Gasteiger partial charge >= 0.3 is 5.97 Å². The van der Waals surface area contributed by atoms with Gasteiger partial charge in [-0.1, -0.05) is 135 Å². The van der Waals surface area contributed by atoms with Crippen LogP contribution in [0.5, 0.6) is 0 Å². The molecule has 8 heterocycles. The molecule has 5 aliphatic carbocycles. The number of carbonyl (C=O) groups is 4. The second-order valence-corrected chi connectivity index (χ2v) is 59.6. The Morgan fingerprint density at radius 1 is 0.513 bits per heavy atom.